The van der Waals surface area contributed by atoms with Crippen molar-refractivity contribution in [2.45, 2.75) is 26.8 Å². The highest BCUT2D eigenvalue weighted by Crippen LogP contribution is 2.29. The number of carbonyl (C=O) groups excluding carboxylic acids is 1. The van der Waals surface area contributed by atoms with Crippen LogP contribution in [0.3, 0.4) is 0 Å². The summed E-state index contributed by atoms with van der Waals surface area (Å²) in [7, 11) is 1.38. The largest absolute Gasteiger partial charge is 0.469 e. The fraction of sp³-hybridized carbons (Fsp3) is 0.304. The number of halogens is 1. The van der Waals surface area contributed by atoms with Crippen LogP contribution in [0.4, 0.5) is 5.69 Å². The number of benzene rings is 2. The number of hydrogen-bond acceptors (Lipinski definition) is 4. The maximum atomic E-state index is 11.9. The van der Waals surface area contributed by atoms with Crippen molar-refractivity contribution >= 4 is 23.3 Å². The van der Waals surface area contributed by atoms with Gasteiger partial charge in [-0.05, 0) is 43.7 Å². The predicted molar refractivity (Wildman–Crippen MR) is 117 cm³/mol. The van der Waals surface area contributed by atoms with Crippen LogP contribution in [0.15, 0.2) is 54.6 Å². The Morgan fingerprint density at radius 1 is 1.07 bits per heavy atom. The van der Waals surface area contributed by atoms with Gasteiger partial charge in [0, 0.05) is 30.9 Å². The summed E-state index contributed by atoms with van der Waals surface area (Å²) in [5.41, 5.74) is 3.88. The van der Waals surface area contributed by atoms with E-state index in [4.69, 9.17) is 16.3 Å². The van der Waals surface area contributed by atoms with E-state index in [0.29, 0.717) is 17.4 Å². The second kappa shape index (κ2) is 9.61. The summed E-state index contributed by atoms with van der Waals surface area (Å²) in [6.07, 6.45) is 0.0761. The van der Waals surface area contributed by atoms with Crippen molar-refractivity contribution in [1.29, 1.82) is 0 Å². The molecule has 0 saturated heterocycles. The summed E-state index contributed by atoms with van der Waals surface area (Å²) < 4.78 is 6.85. The molecule has 1 aromatic heterocycles. The quantitative estimate of drug-likeness (QED) is 0.499. The van der Waals surface area contributed by atoms with Gasteiger partial charge in [-0.1, -0.05) is 41.9 Å². The molecule has 0 aliphatic heterocycles. The van der Waals surface area contributed by atoms with Crippen molar-refractivity contribution in [3.8, 4) is 11.4 Å². The van der Waals surface area contributed by atoms with Crippen molar-refractivity contribution in [2.75, 3.05) is 25.1 Å². The smallest absolute Gasteiger partial charge is 0.311 e. The fourth-order valence-corrected chi connectivity index (χ4v) is 3.65. The molecule has 6 heteroatoms. The molecule has 0 bridgehead atoms. The monoisotopic (exact) mass is 411 g/mol. The zero-order valence-electron chi connectivity index (χ0n) is 17.1. The minimum atomic E-state index is -0.343. The molecule has 0 N–H and O–H groups in total. The molecule has 3 rings (SSSR count). The van der Waals surface area contributed by atoms with Gasteiger partial charge in [0.05, 0.1) is 19.2 Å². The van der Waals surface area contributed by atoms with E-state index in [1.165, 1.54) is 12.8 Å². The van der Waals surface area contributed by atoms with Gasteiger partial charge in [-0.15, -0.1) is 0 Å². The number of ether oxygens (including phenoxy) is 1. The van der Waals surface area contributed by atoms with Crippen LogP contribution in [-0.2, 0) is 22.5 Å². The number of imidazole rings is 1. The SMILES string of the molecule is CCN(CC)c1ccc(-c2nc(Cl)c(CC(=O)OC)n2Cc2ccccc2)cc1. The average molecular weight is 412 g/mol. The highest BCUT2D eigenvalue weighted by molar-refractivity contribution is 6.30. The Hall–Kier alpha value is -2.79. The standard InChI is InChI=1S/C23H26ClN3O2/c1-4-26(5-2)19-13-11-18(12-14-19)23-25-22(24)20(15-21(28)29-3)27(23)16-17-9-7-6-8-10-17/h6-14H,4-5,15-16H2,1-3H3. The first-order valence-corrected chi connectivity index (χ1v) is 10.2. The number of anilines is 1. The molecule has 0 unspecified atom stereocenters. The van der Waals surface area contributed by atoms with Gasteiger partial charge in [-0.3, -0.25) is 4.79 Å². The molecule has 0 fully saturated rings. The lowest BCUT2D eigenvalue weighted by molar-refractivity contribution is -0.139. The number of carbonyl (C=O) groups is 1. The van der Waals surface area contributed by atoms with E-state index in [1.807, 2.05) is 34.9 Å². The molecule has 0 saturated carbocycles. The van der Waals surface area contributed by atoms with Gasteiger partial charge in [0.1, 0.15) is 5.82 Å². The van der Waals surface area contributed by atoms with Crippen LogP contribution in [0.2, 0.25) is 5.15 Å². The number of esters is 1. The molecule has 29 heavy (non-hydrogen) atoms. The van der Waals surface area contributed by atoms with E-state index in [2.05, 4.69) is 48.0 Å². The number of aromatic nitrogens is 2. The van der Waals surface area contributed by atoms with Crippen LogP contribution in [-0.4, -0.2) is 35.7 Å². The molecule has 3 aromatic rings. The molecule has 0 aliphatic rings. The van der Waals surface area contributed by atoms with Crippen LogP contribution in [0.25, 0.3) is 11.4 Å². The highest BCUT2D eigenvalue weighted by Gasteiger charge is 2.20. The number of rotatable bonds is 8. The lowest BCUT2D eigenvalue weighted by Crippen LogP contribution is -2.21. The lowest BCUT2D eigenvalue weighted by Gasteiger charge is -2.21. The molecular formula is C23H26ClN3O2. The molecule has 1 heterocycles. The van der Waals surface area contributed by atoms with E-state index in [1.54, 1.807) is 0 Å². The van der Waals surface area contributed by atoms with Gasteiger partial charge in [0.2, 0.25) is 0 Å². The second-order valence-electron chi connectivity index (χ2n) is 6.72. The minimum absolute atomic E-state index is 0.0761. The first kappa shape index (κ1) is 20.9. The third-order valence-electron chi connectivity index (χ3n) is 5.00. The summed E-state index contributed by atoms with van der Waals surface area (Å²) in [5, 5.41) is 0.328. The fourth-order valence-electron chi connectivity index (χ4n) is 3.40. The minimum Gasteiger partial charge on any atom is -0.469 e. The molecule has 0 amide bonds. The van der Waals surface area contributed by atoms with E-state index in [-0.39, 0.29) is 12.4 Å². The summed E-state index contributed by atoms with van der Waals surface area (Å²) in [5.74, 6) is 0.397. The first-order chi connectivity index (χ1) is 14.1. The van der Waals surface area contributed by atoms with Gasteiger partial charge in [0.25, 0.3) is 0 Å². The molecule has 0 atom stereocenters. The van der Waals surface area contributed by atoms with Crippen molar-refractivity contribution in [3.63, 3.8) is 0 Å². The molecule has 152 valence electrons. The molecule has 0 aliphatic carbocycles. The van der Waals surface area contributed by atoms with E-state index in [9.17, 15) is 4.79 Å². The van der Waals surface area contributed by atoms with Crippen molar-refractivity contribution in [3.05, 3.63) is 71.0 Å². The zero-order chi connectivity index (χ0) is 20.8. The Balaban J connectivity index is 2.03. The third kappa shape index (κ3) is 4.80. The first-order valence-electron chi connectivity index (χ1n) is 9.78. The Bertz CT molecular complexity index is 948. The number of nitrogens with zero attached hydrogens (tertiary/aromatic N) is 3. The predicted octanol–water partition coefficient (Wildman–Crippen LogP) is 4.81. The normalized spacial score (nSPS) is 10.8. The molecular weight excluding hydrogens is 386 g/mol. The van der Waals surface area contributed by atoms with Gasteiger partial charge in [0.15, 0.2) is 5.15 Å². The Morgan fingerprint density at radius 2 is 1.72 bits per heavy atom. The average Bonchev–Trinajstić information content (AvgIpc) is 3.05. The summed E-state index contributed by atoms with van der Waals surface area (Å²) in [4.78, 5) is 18.8. The Morgan fingerprint density at radius 3 is 2.31 bits per heavy atom. The molecule has 2 aromatic carbocycles. The number of methoxy groups -OCH3 is 1. The van der Waals surface area contributed by atoms with Crippen molar-refractivity contribution in [1.82, 2.24) is 9.55 Å². The van der Waals surface area contributed by atoms with Gasteiger partial charge in [-0.25, -0.2) is 4.98 Å². The zero-order valence-corrected chi connectivity index (χ0v) is 17.8. The number of hydrogen-bond donors (Lipinski definition) is 0. The summed E-state index contributed by atoms with van der Waals surface area (Å²) >= 11 is 6.45. The second-order valence-corrected chi connectivity index (χ2v) is 7.07. The summed E-state index contributed by atoms with van der Waals surface area (Å²) in [6, 6.07) is 18.3. The third-order valence-corrected chi connectivity index (χ3v) is 5.30. The van der Waals surface area contributed by atoms with Crippen LogP contribution < -0.4 is 4.90 Å². The molecule has 0 radical (unpaired) electrons. The van der Waals surface area contributed by atoms with Crippen molar-refractivity contribution in [2.24, 2.45) is 0 Å². The van der Waals surface area contributed by atoms with Gasteiger partial charge < -0.3 is 14.2 Å². The van der Waals surface area contributed by atoms with Crippen LogP contribution in [0.5, 0.6) is 0 Å². The summed E-state index contributed by atoms with van der Waals surface area (Å²) in [6.45, 7) is 6.76. The Kier molecular flexibility index (Phi) is 6.94. The van der Waals surface area contributed by atoms with Gasteiger partial charge >= 0.3 is 5.97 Å². The topological polar surface area (TPSA) is 47.4 Å². The van der Waals surface area contributed by atoms with E-state index in [0.717, 1.165) is 30.0 Å². The highest BCUT2D eigenvalue weighted by atomic mass is 35.5. The van der Waals surface area contributed by atoms with Crippen LogP contribution >= 0.6 is 11.6 Å². The molecule has 0 spiro atoms. The van der Waals surface area contributed by atoms with E-state index < -0.39 is 0 Å². The van der Waals surface area contributed by atoms with Gasteiger partial charge in [-0.2, -0.15) is 0 Å². The lowest BCUT2D eigenvalue weighted by atomic mass is 10.1. The maximum absolute atomic E-state index is 11.9. The van der Waals surface area contributed by atoms with Crippen molar-refractivity contribution < 1.29 is 9.53 Å². The van der Waals surface area contributed by atoms with E-state index >= 15 is 0 Å². The van der Waals surface area contributed by atoms with Crippen LogP contribution in [0, 0.1) is 0 Å². The molecule has 5 nitrogen and oxygen atoms in total. The Labute approximate surface area is 176 Å². The van der Waals surface area contributed by atoms with Crippen LogP contribution in [0.1, 0.15) is 25.1 Å². The maximum Gasteiger partial charge on any atom is 0.311 e.